The molecule has 0 spiro atoms. The summed E-state index contributed by atoms with van der Waals surface area (Å²) in [6, 6.07) is 8.27. The quantitative estimate of drug-likeness (QED) is 0.923. The molecule has 3 heteroatoms. The summed E-state index contributed by atoms with van der Waals surface area (Å²) in [5, 5.41) is 10.7. The highest BCUT2D eigenvalue weighted by atomic mass is 79.9. The molecule has 1 aromatic carbocycles. The standard InChI is InChI=1S/C15H22BrNO/c1-2-8-17-9-6-15(18,7-10-17)12-13-4-3-5-14(16)11-13/h3-5,11,18H,2,6-10,12H2,1H3. The highest BCUT2D eigenvalue weighted by Crippen LogP contribution is 2.27. The van der Waals surface area contributed by atoms with Crippen molar-refractivity contribution in [2.75, 3.05) is 19.6 Å². The molecule has 0 bridgehead atoms. The fraction of sp³-hybridized carbons (Fsp3) is 0.600. The van der Waals surface area contributed by atoms with Crippen molar-refractivity contribution in [3.8, 4) is 0 Å². The summed E-state index contributed by atoms with van der Waals surface area (Å²) >= 11 is 3.48. The van der Waals surface area contributed by atoms with Crippen LogP contribution in [0.1, 0.15) is 31.7 Å². The van der Waals surface area contributed by atoms with E-state index in [0.717, 1.165) is 43.4 Å². The largest absolute Gasteiger partial charge is 0.389 e. The van der Waals surface area contributed by atoms with Crippen molar-refractivity contribution in [1.29, 1.82) is 0 Å². The summed E-state index contributed by atoms with van der Waals surface area (Å²) in [6.45, 7) is 5.42. The Bertz CT molecular complexity index is 386. The maximum Gasteiger partial charge on any atom is 0.0712 e. The molecule has 1 N–H and O–H groups in total. The molecule has 0 amide bonds. The molecule has 1 aromatic rings. The van der Waals surface area contributed by atoms with Crippen LogP contribution in [0.5, 0.6) is 0 Å². The van der Waals surface area contributed by atoms with Crippen molar-refractivity contribution in [2.24, 2.45) is 0 Å². The summed E-state index contributed by atoms with van der Waals surface area (Å²) in [4.78, 5) is 2.45. The molecule has 0 aliphatic carbocycles. The molecule has 2 nitrogen and oxygen atoms in total. The lowest BCUT2D eigenvalue weighted by molar-refractivity contribution is -0.0205. The number of rotatable bonds is 4. The number of nitrogens with zero attached hydrogens (tertiary/aromatic N) is 1. The van der Waals surface area contributed by atoms with Gasteiger partial charge in [-0.05, 0) is 43.5 Å². The number of aliphatic hydroxyl groups is 1. The van der Waals surface area contributed by atoms with E-state index in [-0.39, 0.29) is 0 Å². The molecule has 0 aromatic heterocycles. The minimum absolute atomic E-state index is 0.509. The minimum Gasteiger partial charge on any atom is -0.389 e. The van der Waals surface area contributed by atoms with Gasteiger partial charge in [-0.2, -0.15) is 0 Å². The maximum atomic E-state index is 10.7. The SMILES string of the molecule is CCCN1CCC(O)(Cc2cccc(Br)c2)CC1. The average molecular weight is 312 g/mol. The van der Waals surface area contributed by atoms with Gasteiger partial charge in [-0.1, -0.05) is 35.0 Å². The van der Waals surface area contributed by atoms with Crippen LogP contribution in [-0.2, 0) is 6.42 Å². The molecule has 2 rings (SSSR count). The summed E-state index contributed by atoms with van der Waals surface area (Å²) in [6.07, 6.45) is 3.75. The summed E-state index contributed by atoms with van der Waals surface area (Å²) in [7, 11) is 0. The Morgan fingerprint density at radius 3 is 2.67 bits per heavy atom. The van der Waals surface area contributed by atoms with Gasteiger partial charge in [0.1, 0.15) is 0 Å². The first kappa shape index (κ1) is 14.0. The van der Waals surface area contributed by atoms with Crippen LogP contribution in [0.3, 0.4) is 0 Å². The van der Waals surface area contributed by atoms with E-state index in [2.05, 4.69) is 39.9 Å². The molecule has 1 fully saturated rings. The van der Waals surface area contributed by atoms with Gasteiger partial charge in [-0.25, -0.2) is 0 Å². The Balaban J connectivity index is 1.93. The third kappa shape index (κ3) is 3.81. The van der Waals surface area contributed by atoms with Gasteiger partial charge in [-0.3, -0.25) is 0 Å². The van der Waals surface area contributed by atoms with Gasteiger partial charge in [0.25, 0.3) is 0 Å². The predicted octanol–water partition coefficient (Wildman–Crippen LogP) is 3.23. The van der Waals surface area contributed by atoms with Crippen LogP contribution in [0.15, 0.2) is 28.7 Å². The lowest BCUT2D eigenvalue weighted by atomic mass is 9.85. The Labute approximate surface area is 118 Å². The highest BCUT2D eigenvalue weighted by molar-refractivity contribution is 9.10. The highest BCUT2D eigenvalue weighted by Gasteiger charge is 2.31. The zero-order chi connectivity index (χ0) is 13.0. The van der Waals surface area contributed by atoms with Gasteiger partial charge in [-0.15, -0.1) is 0 Å². The average Bonchev–Trinajstić information content (AvgIpc) is 2.32. The van der Waals surface area contributed by atoms with E-state index < -0.39 is 5.60 Å². The number of piperidine rings is 1. The van der Waals surface area contributed by atoms with E-state index in [1.807, 2.05) is 12.1 Å². The molecule has 0 radical (unpaired) electrons. The lowest BCUT2D eigenvalue weighted by Crippen LogP contribution is -2.45. The van der Waals surface area contributed by atoms with Crippen LogP contribution in [-0.4, -0.2) is 35.2 Å². The van der Waals surface area contributed by atoms with Crippen LogP contribution in [0.4, 0.5) is 0 Å². The second-order valence-electron chi connectivity index (χ2n) is 5.37. The molecular formula is C15H22BrNO. The van der Waals surface area contributed by atoms with Gasteiger partial charge >= 0.3 is 0 Å². The lowest BCUT2D eigenvalue weighted by Gasteiger charge is -2.38. The first-order valence-electron chi connectivity index (χ1n) is 6.80. The predicted molar refractivity (Wildman–Crippen MR) is 78.8 cm³/mol. The third-order valence-corrected chi connectivity index (χ3v) is 4.24. The molecule has 100 valence electrons. The summed E-state index contributed by atoms with van der Waals surface area (Å²) < 4.78 is 1.09. The first-order chi connectivity index (χ1) is 8.61. The van der Waals surface area contributed by atoms with Crippen molar-refractivity contribution in [1.82, 2.24) is 4.90 Å². The molecular weight excluding hydrogens is 290 g/mol. The maximum absolute atomic E-state index is 10.7. The van der Waals surface area contributed by atoms with E-state index in [1.165, 1.54) is 12.0 Å². The number of halogens is 1. The van der Waals surface area contributed by atoms with E-state index in [4.69, 9.17) is 0 Å². The second kappa shape index (κ2) is 6.18. The Morgan fingerprint density at radius 1 is 1.33 bits per heavy atom. The van der Waals surface area contributed by atoms with Gasteiger partial charge in [0.2, 0.25) is 0 Å². The number of likely N-dealkylation sites (tertiary alicyclic amines) is 1. The Kier molecular flexibility index (Phi) is 4.82. The summed E-state index contributed by atoms with van der Waals surface area (Å²) in [5.41, 5.74) is 0.709. The fourth-order valence-electron chi connectivity index (χ4n) is 2.71. The number of hydrogen-bond acceptors (Lipinski definition) is 2. The van der Waals surface area contributed by atoms with Gasteiger partial charge in [0, 0.05) is 24.0 Å². The third-order valence-electron chi connectivity index (χ3n) is 3.75. The molecule has 0 unspecified atom stereocenters. The van der Waals surface area contributed by atoms with E-state index in [9.17, 15) is 5.11 Å². The molecule has 0 saturated carbocycles. The van der Waals surface area contributed by atoms with E-state index in [1.54, 1.807) is 0 Å². The first-order valence-corrected chi connectivity index (χ1v) is 7.60. The van der Waals surface area contributed by atoms with Crippen LogP contribution in [0, 0.1) is 0 Å². The normalized spacial score (nSPS) is 19.9. The molecule has 18 heavy (non-hydrogen) atoms. The van der Waals surface area contributed by atoms with Gasteiger partial charge in [0.05, 0.1) is 5.60 Å². The molecule has 0 atom stereocenters. The van der Waals surface area contributed by atoms with Gasteiger partial charge < -0.3 is 10.0 Å². The van der Waals surface area contributed by atoms with Crippen molar-refractivity contribution in [2.45, 2.75) is 38.2 Å². The minimum atomic E-state index is -0.509. The number of benzene rings is 1. The van der Waals surface area contributed by atoms with Crippen molar-refractivity contribution >= 4 is 15.9 Å². The fourth-order valence-corrected chi connectivity index (χ4v) is 3.16. The van der Waals surface area contributed by atoms with Crippen molar-refractivity contribution in [3.63, 3.8) is 0 Å². The van der Waals surface area contributed by atoms with E-state index in [0.29, 0.717) is 0 Å². The van der Waals surface area contributed by atoms with Crippen LogP contribution >= 0.6 is 15.9 Å². The smallest absolute Gasteiger partial charge is 0.0712 e. The molecule has 1 saturated heterocycles. The molecule has 1 aliphatic heterocycles. The topological polar surface area (TPSA) is 23.5 Å². The van der Waals surface area contributed by atoms with Crippen LogP contribution in [0.2, 0.25) is 0 Å². The van der Waals surface area contributed by atoms with E-state index >= 15 is 0 Å². The zero-order valence-corrected chi connectivity index (χ0v) is 12.6. The Morgan fingerprint density at radius 2 is 2.06 bits per heavy atom. The number of hydrogen-bond donors (Lipinski definition) is 1. The summed E-state index contributed by atoms with van der Waals surface area (Å²) in [5.74, 6) is 0. The van der Waals surface area contributed by atoms with Crippen molar-refractivity contribution < 1.29 is 5.11 Å². The second-order valence-corrected chi connectivity index (χ2v) is 6.29. The van der Waals surface area contributed by atoms with Crippen molar-refractivity contribution in [3.05, 3.63) is 34.3 Å². The molecule has 1 aliphatic rings. The van der Waals surface area contributed by atoms with Gasteiger partial charge in [0.15, 0.2) is 0 Å². The van der Waals surface area contributed by atoms with Crippen LogP contribution < -0.4 is 0 Å². The zero-order valence-electron chi connectivity index (χ0n) is 11.0. The Hall–Kier alpha value is -0.380. The molecule has 1 heterocycles. The monoisotopic (exact) mass is 311 g/mol. The van der Waals surface area contributed by atoms with Crippen LogP contribution in [0.25, 0.3) is 0 Å².